The summed E-state index contributed by atoms with van der Waals surface area (Å²) in [5.41, 5.74) is 0. The van der Waals surface area contributed by atoms with Crippen molar-refractivity contribution in [1.82, 2.24) is 9.03 Å². The zero-order valence-corrected chi connectivity index (χ0v) is 9.92. The Kier molecular flexibility index (Phi) is 4.08. The highest BCUT2D eigenvalue weighted by molar-refractivity contribution is 7.87. The van der Waals surface area contributed by atoms with Crippen molar-refractivity contribution < 1.29 is 8.42 Å². The first-order chi connectivity index (χ1) is 6.95. The molecule has 2 atom stereocenters. The largest absolute Gasteiger partial charge is 0.280 e. The molecule has 1 heterocycles. The van der Waals surface area contributed by atoms with Crippen LogP contribution < -0.4 is 4.72 Å². The van der Waals surface area contributed by atoms with Crippen LogP contribution in [0.25, 0.3) is 0 Å². The van der Waals surface area contributed by atoms with E-state index in [1.807, 2.05) is 13.0 Å². The quantitative estimate of drug-likeness (QED) is 0.767. The smallest absolute Gasteiger partial charge is 0.197 e. The van der Waals surface area contributed by atoms with Crippen molar-refractivity contribution in [2.24, 2.45) is 5.92 Å². The van der Waals surface area contributed by atoms with E-state index < -0.39 is 16.3 Å². The Bertz CT molecular complexity index is 347. The average molecular weight is 231 g/mol. The van der Waals surface area contributed by atoms with Crippen LogP contribution in [-0.2, 0) is 10.2 Å². The lowest BCUT2D eigenvalue weighted by atomic mass is 10.0. The molecular weight excluding hydrogens is 214 g/mol. The highest BCUT2D eigenvalue weighted by Crippen LogP contribution is 2.17. The van der Waals surface area contributed by atoms with E-state index in [9.17, 15) is 8.42 Å². The van der Waals surface area contributed by atoms with Gasteiger partial charge in [-0.1, -0.05) is 6.92 Å². The predicted molar refractivity (Wildman–Crippen MR) is 57.1 cm³/mol. The Balaban J connectivity index is 2.65. The molecule has 86 valence electrons. The van der Waals surface area contributed by atoms with Crippen molar-refractivity contribution in [3.8, 4) is 6.07 Å². The van der Waals surface area contributed by atoms with E-state index in [-0.39, 0.29) is 0 Å². The van der Waals surface area contributed by atoms with Gasteiger partial charge >= 0.3 is 0 Å². The van der Waals surface area contributed by atoms with Gasteiger partial charge in [-0.25, -0.2) is 0 Å². The van der Waals surface area contributed by atoms with E-state index >= 15 is 0 Å². The van der Waals surface area contributed by atoms with Crippen molar-refractivity contribution in [2.75, 3.05) is 13.1 Å². The number of hydrogen-bond donors (Lipinski definition) is 1. The molecule has 0 aromatic carbocycles. The summed E-state index contributed by atoms with van der Waals surface area (Å²) >= 11 is 0. The molecule has 0 aliphatic carbocycles. The fraction of sp³-hybridized carbons (Fsp3) is 0.889. The van der Waals surface area contributed by atoms with Crippen molar-refractivity contribution >= 4 is 10.2 Å². The standard InChI is InChI=1S/C9H17N3O2S/c1-8-4-3-5-12(7-8)15(13,14)11-9(2)6-10/h8-9,11H,3-5,7H2,1-2H3. The van der Waals surface area contributed by atoms with Gasteiger partial charge in [-0.2, -0.15) is 22.7 Å². The maximum atomic E-state index is 11.8. The molecule has 5 nitrogen and oxygen atoms in total. The van der Waals surface area contributed by atoms with E-state index in [0.717, 1.165) is 12.8 Å². The van der Waals surface area contributed by atoms with Gasteiger partial charge in [-0.05, 0) is 25.7 Å². The summed E-state index contributed by atoms with van der Waals surface area (Å²) in [5.74, 6) is 0.396. The second kappa shape index (κ2) is 4.92. The van der Waals surface area contributed by atoms with Crippen LogP contribution in [0.3, 0.4) is 0 Å². The Labute approximate surface area is 91.3 Å². The lowest BCUT2D eigenvalue weighted by Gasteiger charge is -2.30. The molecule has 1 rings (SSSR count). The molecule has 1 N–H and O–H groups in total. The number of nitriles is 1. The third-order valence-corrected chi connectivity index (χ3v) is 4.14. The molecule has 0 amide bonds. The number of hydrogen-bond acceptors (Lipinski definition) is 3. The van der Waals surface area contributed by atoms with Crippen LogP contribution in [0.2, 0.25) is 0 Å². The Hall–Kier alpha value is -0.640. The fourth-order valence-electron chi connectivity index (χ4n) is 1.69. The van der Waals surface area contributed by atoms with Crippen molar-refractivity contribution in [1.29, 1.82) is 5.26 Å². The molecule has 0 radical (unpaired) electrons. The molecule has 15 heavy (non-hydrogen) atoms. The Morgan fingerprint density at radius 2 is 2.27 bits per heavy atom. The van der Waals surface area contributed by atoms with E-state index in [4.69, 9.17) is 5.26 Å². The molecular formula is C9H17N3O2S. The maximum absolute atomic E-state index is 11.8. The molecule has 1 aliphatic heterocycles. The monoisotopic (exact) mass is 231 g/mol. The van der Waals surface area contributed by atoms with E-state index in [1.165, 1.54) is 11.2 Å². The number of rotatable bonds is 3. The zero-order valence-electron chi connectivity index (χ0n) is 9.10. The maximum Gasteiger partial charge on any atom is 0.280 e. The lowest BCUT2D eigenvalue weighted by Crippen LogP contribution is -2.47. The highest BCUT2D eigenvalue weighted by atomic mass is 32.2. The Morgan fingerprint density at radius 3 is 2.80 bits per heavy atom. The van der Waals surface area contributed by atoms with Crippen LogP contribution in [0.4, 0.5) is 0 Å². The van der Waals surface area contributed by atoms with Crippen molar-refractivity contribution in [3.05, 3.63) is 0 Å². The summed E-state index contributed by atoms with van der Waals surface area (Å²) in [6, 6.07) is 1.18. The van der Waals surface area contributed by atoms with Crippen molar-refractivity contribution in [2.45, 2.75) is 32.7 Å². The van der Waals surface area contributed by atoms with Gasteiger partial charge in [0.15, 0.2) is 0 Å². The topological polar surface area (TPSA) is 73.2 Å². The van der Waals surface area contributed by atoms with Crippen LogP contribution in [0.15, 0.2) is 0 Å². The molecule has 6 heteroatoms. The normalized spacial score (nSPS) is 25.8. The summed E-state index contributed by atoms with van der Waals surface area (Å²) in [6.45, 7) is 4.67. The van der Waals surface area contributed by atoms with Gasteiger partial charge in [0, 0.05) is 13.1 Å². The number of nitrogens with one attached hydrogen (secondary N) is 1. The van der Waals surface area contributed by atoms with Crippen LogP contribution in [0.5, 0.6) is 0 Å². The Morgan fingerprint density at radius 1 is 1.60 bits per heavy atom. The van der Waals surface area contributed by atoms with Gasteiger partial charge < -0.3 is 0 Å². The molecule has 1 fully saturated rings. The molecule has 2 unspecified atom stereocenters. The molecule has 0 spiro atoms. The van der Waals surface area contributed by atoms with Gasteiger partial charge in [0.1, 0.15) is 6.04 Å². The first-order valence-electron chi connectivity index (χ1n) is 5.12. The van der Waals surface area contributed by atoms with E-state index in [0.29, 0.717) is 19.0 Å². The highest BCUT2D eigenvalue weighted by Gasteiger charge is 2.27. The first-order valence-corrected chi connectivity index (χ1v) is 6.56. The number of nitrogens with zero attached hydrogens (tertiary/aromatic N) is 2. The van der Waals surface area contributed by atoms with E-state index in [2.05, 4.69) is 4.72 Å². The third-order valence-electron chi connectivity index (χ3n) is 2.48. The molecule has 1 aliphatic rings. The third kappa shape index (κ3) is 3.45. The minimum absolute atomic E-state index is 0.396. The average Bonchev–Trinajstić information content (AvgIpc) is 2.17. The second-order valence-electron chi connectivity index (χ2n) is 4.08. The summed E-state index contributed by atoms with van der Waals surface area (Å²) < 4.78 is 27.3. The minimum atomic E-state index is -3.47. The van der Waals surface area contributed by atoms with Crippen molar-refractivity contribution in [3.63, 3.8) is 0 Å². The minimum Gasteiger partial charge on any atom is -0.197 e. The van der Waals surface area contributed by atoms with Gasteiger partial charge in [-0.15, -0.1) is 0 Å². The van der Waals surface area contributed by atoms with Gasteiger partial charge in [0.05, 0.1) is 6.07 Å². The van der Waals surface area contributed by atoms with Gasteiger partial charge in [0.25, 0.3) is 10.2 Å². The van der Waals surface area contributed by atoms with Crippen LogP contribution in [0, 0.1) is 17.2 Å². The molecule has 0 aromatic rings. The van der Waals surface area contributed by atoms with Gasteiger partial charge in [0.2, 0.25) is 0 Å². The molecule has 1 saturated heterocycles. The second-order valence-corrected chi connectivity index (χ2v) is 5.78. The lowest BCUT2D eigenvalue weighted by molar-refractivity contribution is 0.278. The summed E-state index contributed by atoms with van der Waals surface area (Å²) in [7, 11) is -3.47. The van der Waals surface area contributed by atoms with Gasteiger partial charge in [-0.3, -0.25) is 0 Å². The number of piperidine rings is 1. The van der Waals surface area contributed by atoms with Crippen LogP contribution in [-0.4, -0.2) is 31.9 Å². The SMILES string of the molecule is CC1CCCN(S(=O)(=O)NC(C)C#N)C1. The molecule has 0 bridgehead atoms. The zero-order chi connectivity index (χ0) is 11.5. The summed E-state index contributed by atoms with van der Waals surface area (Å²) in [5, 5.41) is 8.55. The first kappa shape index (κ1) is 12.4. The molecule has 0 saturated carbocycles. The van der Waals surface area contributed by atoms with Crippen LogP contribution in [0.1, 0.15) is 26.7 Å². The predicted octanol–water partition coefficient (Wildman–Crippen LogP) is 0.465. The molecule has 0 aromatic heterocycles. The fourth-order valence-corrected chi connectivity index (χ4v) is 3.16. The van der Waals surface area contributed by atoms with E-state index in [1.54, 1.807) is 0 Å². The summed E-state index contributed by atoms with van der Waals surface area (Å²) in [4.78, 5) is 0. The summed E-state index contributed by atoms with van der Waals surface area (Å²) in [6.07, 6.45) is 1.96. The van der Waals surface area contributed by atoms with Crippen LogP contribution >= 0.6 is 0 Å².